The minimum Gasteiger partial charge on any atom is -0.330 e. The number of amides is 1. The van der Waals surface area contributed by atoms with Crippen LogP contribution in [-0.4, -0.2) is 17.4 Å². The molecule has 4 rings (SSSR count). The summed E-state index contributed by atoms with van der Waals surface area (Å²) in [5.41, 5.74) is 7.71. The molecule has 0 radical (unpaired) electrons. The number of nitrogens with two attached hydrogens (primary N) is 1. The molecular weight excluding hydrogens is 330 g/mol. The molecule has 1 aromatic heterocycles. The van der Waals surface area contributed by atoms with E-state index in [2.05, 4.69) is 16.4 Å². The number of thiazole rings is 1. The highest BCUT2D eigenvalue weighted by Crippen LogP contribution is 2.43. The topological polar surface area (TPSA) is 68.0 Å². The van der Waals surface area contributed by atoms with Gasteiger partial charge in [-0.1, -0.05) is 6.42 Å². The number of aromatic nitrogens is 1. The van der Waals surface area contributed by atoms with E-state index in [9.17, 15) is 4.79 Å². The van der Waals surface area contributed by atoms with Gasteiger partial charge in [0.15, 0.2) is 0 Å². The van der Waals surface area contributed by atoms with E-state index in [4.69, 9.17) is 5.73 Å². The normalized spacial score (nSPS) is 23.7. The van der Waals surface area contributed by atoms with Gasteiger partial charge in [-0.2, -0.15) is 0 Å². The highest BCUT2D eigenvalue weighted by atomic mass is 35.5. The van der Waals surface area contributed by atoms with E-state index in [1.54, 1.807) is 11.3 Å². The number of hydrogen-bond donors (Lipinski definition) is 2. The molecule has 1 heterocycles. The van der Waals surface area contributed by atoms with Gasteiger partial charge >= 0.3 is 0 Å². The Bertz CT molecular complexity index is 713. The molecule has 2 aliphatic rings. The van der Waals surface area contributed by atoms with Gasteiger partial charge < -0.3 is 11.1 Å². The Hall–Kier alpha value is -1.17. The number of carbonyl (C=O) groups is 1. The van der Waals surface area contributed by atoms with Gasteiger partial charge in [0.05, 0.1) is 15.2 Å². The quantitative estimate of drug-likeness (QED) is 0.877. The number of anilines is 1. The molecule has 6 heteroatoms. The number of carbonyl (C=O) groups excluding carboxylic acids is 1. The number of nitrogens with one attached hydrogen (secondary N) is 1. The monoisotopic (exact) mass is 351 g/mol. The van der Waals surface area contributed by atoms with Crippen molar-refractivity contribution in [3.05, 3.63) is 23.2 Å². The Morgan fingerprint density at radius 1 is 1.30 bits per heavy atom. The van der Waals surface area contributed by atoms with Crippen LogP contribution in [0, 0.1) is 11.8 Å². The molecule has 0 saturated heterocycles. The average Bonchev–Trinajstić information content (AvgIpc) is 3.11. The lowest BCUT2D eigenvalue weighted by Gasteiger charge is -2.17. The Labute approximate surface area is 146 Å². The molecule has 0 unspecified atom stereocenters. The molecule has 2 aliphatic carbocycles. The van der Waals surface area contributed by atoms with Crippen molar-refractivity contribution in [2.45, 2.75) is 38.0 Å². The summed E-state index contributed by atoms with van der Waals surface area (Å²) in [5.74, 6) is 1.22. The minimum atomic E-state index is 0. The predicted molar refractivity (Wildman–Crippen MR) is 97.4 cm³/mol. The van der Waals surface area contributed by atoms with E-state index in [1.807, 2.05) is 12.1 Å². The Morgan fingerprint density at radius 3 is 2.87 bits per heavy atom. The van der Waals surface area contributed by atoms with Crippen molar-refractivity contribution < 1.29 is 4.79 Å². The summed E-state index contributed by atoms with van der Waals surface area (Å²) in [6.07, 6.45) is 5.69. The van der Waals surface area contributed by atoms with E-state index in [1.165, 1.54) is 22.5 Å². The second kappa shape index (κ2) is 6.75. The van der Waals surface area contributed by atoms with Gasteiger partial charge in [-0.25, -0.2) is 4.98 Å². The summed E-state index contributed by atoms with van der Waals surface area (Å²) >= 11 is 1.76. The number of fused-ring (bicyclic) bond motifs is 1. The van der Waals surface area contributed by atoms with Gasteiger partial charge in [0.25, 0.3) is 0 Å². The smallest absolute Gasteiger partial charge is 0.227 e. The molecule has 4 nitrogen and oxygen atoms in total. The van der Waals surface area contributed by atoms with Crippen molar-refractivity contribution in [1.29, 1.82) is 0 Å². The van der Waals surface area contributed by atoms with E-state index in [-0.39, 0.29) is 24.2 Å². The predicted octanol–water partition coefficient (Wildman–Crippen LogP) is 3.91. The summed E-state index contributed by atoms with van der Waals surface area (Å²) < 4.78 is 1.17. The van der Waals surface area contributed by atoms with Crippen LogP contribution in [0.3, 0.4) is 0 Å². The number of benzene rings is 1. The van der Waals surface area contributed by atoms with Crippen LogP contribution in [-0.2, 0) is 4.79 Å². The lowest BCUT2D eigenvalue weighted by atomic mass is 9.95. The third-order valence-electron chi connectivity index (χ3n) is 4.90. The number of hydrogen-bond acceptors (Lipinski definition) is 4. The molecule has 2 aromatic rings. The second-order valence-electron chi connectivity index (χ2n) is 6.53. The third kappa shape index (κ3) is 3.37. The molecule has 23 heavy (non-hydrogen) atoms. The minimum absolute atomic E-state index is 0. The van der Waals surface area contributed by atoms with Crippen LogP contribution in [0.15, 0.2) is 18.2 Å². The SMILES string of the molecule is Cl.NC[C@H]1CCC[C@H]1C(=O)Nc1ccc2nc(C3CC3)sc2c1. The van der Waals surface area contributed by atoms with Crippen molar-refractivity contribution in [2.75, 3.05) is 11.9 Å². The zero-order valence-corrected chi connectivity index (χ0v) is 14.6. The van der Waals surface area contributed by atoms with Crippen LogP contribution >= 0.6 is 23.7 Å². The van der Waals surface area contributed by atoms with Crippen molar-refractivity contribution >= 4 is 45.6 Å². The van der Waals surface area contributed by atoms with Gasteiger partial charge in [-0.3, -0.25) is 4.79 Å². The molecule has 3 N–H and O–H groups in total. The van der Waals surface area contributed by atoms with Gasteiger partial charge in [-0.05, 0) is 56.3 Å². The summed E-state index contributed by atoms with van der Waals surface area (Å²) in [6.45, 7) is 0.608. The van der Waals surface area contributed by atoms with E-state index >= 15 is 0 Å². The fourth-order valence-corrected chi connectivity index (χ4v) is 4.60. The van der Waals surface area contributed by atoms with Crippen molar-refractivity contribution in [3.8, 4) is 0 Å². The largest absolute Gasteiger partial charge is 0.330 e. The first-order valence-corrected chi connectivity index (χ1v) is 8.97. The molecule has 2 atom stereocenters. The van der Waals surface area contributed by atoms with E-state index in [0.29, 0.717) is 18.4 Å². The molecule has 0 spiro atoms. The first kappa shape index (κ1) is 16.7. The Balaban J connectivity index is 0.00000156. The maximum Gasteiger partial charge on any atom is 0.227 e. The zero-order chi connectivity index (χ0) is 15.1. The van der Waals surface area contributed by atoms with Crippen molar-refractivity contribution in [3.63, 3.8) is 0 Å². The summed E-state index contributed by atoms with van der Waals surface area (Å²) in [5, 5.41) is 4.33. The summed E-state index contributed by atoms with van der Waals surface area (Å²) in [6, 6.07) is 6.04. The van der Waals surface area contributed by atoms with E-state index < -0.39 is 0 Å². The van der Waals surface area contributed by atoms with Gasteiger partial charge in [0.2, 0.25) is 5.91 Å². The third-order valence-corrected chi connectivity index (χ3v) is 6.08. The Kier molecular flexibility index (Phi) is 4.90. The average molecular weight is 352 g/mol. The fraction of sp³-hybridized carbons (Fsp3) is 0.529. The van der Waals surface area contributed by atoms with Crippen LogP contribution in [0.25, 0.3) is 10.2 Å². The Morgan fingerprint density at radius 2 is 2.13 bits per heavy atom. The maximum atomic E-state index is 12.5. The molecule has 124 valence electrons. The highest BCUT2D eigenvalue weighted by Gasteiger charge is 2.32. The van der Waals surface area contributed by atoms with Crippen LogP contribution in [0.5, 0.6) is 0 Å². The summed E-state index contributed by atoms with van der Waals surface area (Å²) in [7, 11) is 0. The number of rotatable bonds is 4. The second-order valence-corrected chi connectivity index (χ2v) is 7.59. The van der Waals surface area contributed by atoms with Crippen LogP contribution in [0.2, 0.25) is 0 Å². The zero-order valence-electron chi connectivity index (χ0n) is 13.0. The molecule has 1 amide bonds. The first-order chi connectivity index (χ1) is 10.7. The molecule has 0 aliphatic heterocycles. The molecule has 1 aromatic carbocycles. The van der Waals surface area contributed by atoms with Gasteiger partial charge in [0, 0.05) is 17.5 Å². The van der Waals surface area contributed by atoms with Crippen LogP contribution in [0.4, 0.5) is 5.69 Å². The number of nitrogens with zero attached hydrogens (tertiary/aromatic N) is 1. The molecule has 2 fully saturated rings. The van der Waals surface area contributed by atoms with E-state index in [0.717, 1.165) is 30.5 Å². The van der Waals surface area contributed by atoms with Gasteiger partial charge in [-0.15, -0.1) is 23.7 Å². The highest BCUT2D eigenvalue weighted by molar-refractivity contribution is 7.18. The van der Waals surface area contributed by atoms with Crippen molar-refractivity contribution in [2.24, 2.45) is 17.6 Å². The standard InChI is InChI=1S/C17H21N3OS.ClH/c18-9-11-2-1-3-13(11)16(21)19-12-6-7-14-15(8-12)22-17(20-14)10-4-5-10;/h6-8,10-11,13H,1-5,9,18H2,(H,19,21);1H/t11-,13-;/m1./s1. The maximum absolute atomic E-state index is 12.5. The van der Waals surface area contributed by atoms with Crippen molar-refractivity contribution in [1.82, 2.24) is 4.98 Å². The summed E-state index contributed by atoms with van der Waals surface area (Å²) in [4.78, 5) is 17.2. The number of halogens is 1. The molecular formula is C17H22ClN3OS. The van der Waals surface area contributed by atoms with Crippen LogP contribution in [0.1, 0.15) is 43.0 Å². The molecule has 0 bridgehead atoms. The van der Waals surface area contributed by atoms with Crippen LogP contribution < -0.4 is 11.1 Å². The lowest BCUT2D eigenvalue weighted by Crippen LogP contribution is -2.29. The first-order valence-electron chi connectivity index (χ1n) is 8.16. The molecule has 2 saturated carbocycles. The fourth-order valence-electron chi connectivity index (χ4n) is 3.42. The van der Waals surface area contributed by atoms with Gasteiger partial charge in [0.1, 0.15) is 0 Å². The lowest BCUT2D eigenvalue weighted by molar-refractivity contribution is -0.120.